The third-order valence-electron chi connectivity index (χ3n) is 3.54. The van der Waals surface area contributed by atoms with Crippen molar-refractivity contribution in [3.05, 3.63) is 45.2 Å². The van der Waals surface area contributed by atoms with Gasteiger partial charge < -0.3 is 20.1 Å². The maximum Gasteiger partial charge on any atom is 0.377 e. The van der Waals surface area contributed by atoms with Gasteiger partial charge in [0.2, 0.25) is 0 Å². The summed E-state index contributed by atoms with van der Waals surface area (Å²) >= 11 is 3.21. The summed E-state index contributed by atoms with van der Waals surface area (Å²) in [6.07, 6.45) is 1.25. The molecule has 1 aromatic carbocycles. The number of anilines is 1. The second-order valence-corrected chi connectivity index (χ2v) is 5.80. The number of nitrogens with zero attached hydrogens (tertiary/aromatic N) is 2. The van der Waals surface area contributed by atoms with Crippen LogP contribution in [0.4, 0.5) is 5.69 Å². The monoisotopic (exact) mass is 405 g/mol. The average Bonchev–Trinajstić information content (AvgIpc) is 2.92. The molecule has 1 aromatic heterocycles. The van der Waals surface area contributed by atoms with Gasteiger partial charge in [-0.25, -0.2) is 9.59 Å². The van der Waals surface area contributed by atoms with Gasteiger partial charge in [0, 0.05) is 10.7 Å². The van der Waals surface area contributed by atoms with E-state index in [0.29, 0.717) is 5.56 Å². The molecule has 0 spiro atoms. The van der Waals surface area contributed by atoms with Crippen molar-refractivity contribution in [2.75, 3.05) is 12.8 Å². The molecule has 0 atom stereocenters. The molecule has 0 unspecified atom stereocenters. The van der Waals surface area contributed by atoms with Crippen molar-refractivity contribution in [2.45, 2.75) is 6.92 Å². The molecule has 0 aliphatic rings. The van der Waals surface area contributed by atoms with Crippen LogP contribution < -0.4 is 5.73 Å². The maximum absolute atomic E-state index is 12.2. The van der Waals surface area contributed by atoms with Gasteiger partial charge >= 0.3 is 11.9 Å². The Morgan fingerprint density at radius 2 is 2.00 bits per heavy atom. The van der Waals surface area contributed by atoms with Crippen molar-refractivity contribution in [1.29, 1.82) is 5.26 Å². The predicted octanol–water partition coefficient (Wildman–Crippen LogP) is 2.06. The number of Topliss-reactive ketones (excluding diaryl/α,β-unsaturated/α-hetero) is 1. The minimum absolute atomic E-state index is 0.00850. The number of nitrogen functional groups attached to an aromatic ring is 1. The Labute approximate surface area is 150 Å². The molecule has 0 fully saturated rings. The number of hydrogen-bond donors (Lipinski definition) is 2. The SMILES string of the molecule is COC(=O)c1c(N)c(C#N)cn1-c1ccc(C)c(Br)c1C(=O)C(=O)O. The highest BCUT2D eigenvalue weighted by atomic mass is 79.9. The zero-order chi connectivity index (χ0) is 18.9. The molecule has 0 saturated heterocycles. The number of nitriles is 1. The standard InChI is InChI=1S/C16H12BrN3O5/c1-7-3-4-9(10(11(7)17)14(21)15(22)23)20-6-8(5-18)12(19)13(20)16(24)25-2/h3-4,6H,19H2,1-2H3,(H,22,23). The van der Waals surface area contributed by atoms with E-state index in [1.54, 1.807) is 13.0 Å². The molecule has 2 aromatic rings. The van der Waals surface area contributed by atoms with Gasteiger partial charge in [0.1, 0.15) is 6.07 Å². The van der Waals surface area contributed by atoms with Crippen LogP contribution >= 0.6 is 15.9 Å². The molecule has 25 heavy (non-hydrogen) atoms. The summed E-state index contributed by atoms with van der Waals surface area (Å²) in [5, 5.41) is 18.3. The quantitative estimate of drug-likeness (QED) is 0.451. The van der Waals surface area contributed by atoms with Crippen LogP contribution in [0.2, 0.25) is 0 Å². The topological polar surface area (TPSA) is 135 Å². The zero-order valence-corrected chi connectivity index (χ0v) is 14.7. The average molecular weight is 406 g/mol. The number of benzene rings is 1. The van der Waals surface area contributed by atoms with E-state index in [4.69, 9.17) is 16.1 Å². The normalized spacial score (nSPS) is 10.2. The number of aliphatic carboxylic acids is 1. The van der Waals surface area contributed by atoms with E-state index in [1.807, 2.05) is 6.07 Å². The highest BCUT2D eigenvalue weighted by molar-refractivity contribution is 9.10. The van der Waals surface area contributed by atoms with Crippen LogP contribution in [0.1, 0.15) is 32.0 Å². The summed E-state index contributed by atoms with van der Waals surface area (Å²) < 4.78 is 6.12. The number of carbonyl (C=O) groups is 3. The van der Waals surface area contributed by atoms with E-state index >= 15 is 0 Å². The van der Waals surface area contributed by atoms with Crippen LogP contribution in [-0.4, -0.2) is 34.5 Å². The molecular weight excluding hydrogens is 394 g/mol. The molecule has 8 nitrogen and oxygen atoms in total. The molecule has 0 bridgehead atoms. The molecule has 2 rings (SSSR count). The minimum Gasteiger partial charge on any atom is -0.475 e. The first-order valence-electron chi connectivity index (χ1n) is 6.80. The Kier molecular flexibility index (Phi) is 4.94. The number of halogens is 1. The molecule has 0 radical (unpaired) electrons. The molecule has 3 N–H and O–H groups in total. The van der Waals surface area contributed by atoms with Gasteiger partial charge in [0.05, 0.1) is 29.6 Å². The third-order valence-corrected chi connectivity index (χ3v) is 4.56. The van der Waals surface area contributed by atoms with Gasteiger partial charge in [-0.2, -0.15) is 5.26 Å². The first-order chi connectivity index (χ1) is 11.7. The number of methoxy groups -OCH3 is 1. The number of ketones is 1. The van der Waals surface area contributed by atoms with Gasteiger partial charge in [0.25, 0.3) is 5.78 Å². The fourth-order valence-electron chi connectivity index (χ4n) is 2.30. The molecule has 1 heterocycles. The Morgan fingerprint density at radius 3 is 2.52 bits per heavy atom. The van der Waals surface area contributed by atoms with Gasteiger partial charge in [0.15, 0.2) is 5.69 Å². The largest absolute Gasteiger partial charge is 0.475 e. The summed E-state index contributed by atoms with van der Waals surface area (Å²) in [7, 11) is 1.14. The lowest BCUT2D eigenvalue weighted by Crippen LogP contribution is -2.19. The molecule has 9 heteroatoms. The van der Waals surface area contributed by atoms with E-state index in [1.165, 1.54) is 16.8 Å². The van der Waals surface area contributed by atoms with Crippen molar-refractivity contribution in [3.63, 3.8) is 0 Å². The number of hydrogen-bond acceptors (Lipinski definition) is 6. The highest BCUT2D eigenvalue weighted by Crippen LogP contribution is 2.32. The maximum atomic E-state index is 12.2. The van der Waals surface area contributed by atoms with Crippen molar-refractivity contribution < 1.29 is 24.2 Å². The number of carbonyl (C=O) groups excluding carboxylic acids is 2. The van der Waals surface area contributed by atoms with Gasteiger partial charge in [-0.1, -0.05) is 6.07 Å². The van der Waals surface area contributed by atoms with Crippen molar-refractivity contribution in [1.82, 2.24) is 4.57 Å². The molecule has 128 valence electrons. The lowest BCUT2D eigenvalue weighted by molar-refractivity contribution is -0.131. The van der Waals surface area contributed by atoms with Crippen LogP contribution in [0.3, 0.4) is 0 Å². The van der Waals surface area contributed by atoms with Gasteiger partial charge in [-0.3, -0.25) is 4.79 Å². The summed E-state index contributed by atoms with van der Waals surface area (Å²) in [6.45, 7) is 1.68. The number of esters is 1. The first-order valence-corrected chi connectivity index (χ1v) is 7.60. The predicted molar refractivity (Wildman–Crippen MR) is 90.6 cm³/mol. The molecular formula is C16H12BrN3O5. The highest BCUT2D eigenvalue weighted by Gasteiger charge is 2.28. The Morgan fingerprint density at radius 1 is 1.36 bits per heavy atom. The summed E-state index contributed by atoms with van der Waals surface area (Å²) in [5.41, 5.74) is 6.05. The van der Waals surface area contributed by atoms with Crippen molar-refractivity contribution >= 4 is 39.3 Å². The van der Waals surface area contributed by atoms with Gasteiger partial charge in [-0.15, -0.1) is 0 Å². The smallest absolute Gasteiger partial charge is 0.377 e. The van der Waals surface area contributed by atoms with E-state index in [-0.39, 0.29) is 32.7 Å². The van der Waals surface area contributed by atoms with E-state index in [9.17, 15) is 14.4 Å². The number of carboxylic acids is 1. The summed E-state index contributed by atoms with van der Waals surface area (Å²) in [4.78, 5) is 35.4. The van der Waals surface area contributed by atoms with E-state index < -0.39 is 17.7 Å². The molecule has 0 saturated carbocycles. The summed E-state index contributed by atoms with van der Waals surface area (Å²) in [5.74, 6) is -3.66. The lowest BCUT2D eigenvalue weighted by Gasteiger charge is -2.14. The van der Waals surface area contributed by atoms with Crippen molar-refractivity contribution in [3.8, 4) is 11.8 Å². The number of aromatic nitrogens is 1. The third kappa shape index (κ3) is 2.99. The number of nitrogens with two attached hydrogens (primary N) is 1. The van der Waals surface area contributed by atoms with Crippen molar-refractivity contribution in [2.24, 2.45) is 0 Å². The van der Waals surface area contributed by atoms with Crippen LogP contribution in [0.25, 0.3) is 5.69 Å². The van der Waals surface area contributed by atoms with Crippen LogP contribution in [0, 0.1) is 18.3 Å². The van der Waals surface area contributed by atoms with E-state index in [0.717, 1.165) is 7.11 Å². The Balaban J connectivity index is 2.91. The molecule has 0 aliphatic carbocycles. The Hall–Kier alpha value is -3.12. The molecule has 0 amide bonds. The number of ether oxygens (including phenoxy) is 1. The summed E-state index contributed by atoms with van der Waals surface area (Å²) in [6, 6.07) is 4.92. The zero-order valence-electron chi connectivity index (χ0n) is 13.2. The lowest BCUT2D eigenvalue weighted by atomic mass is 10.0. The van der Waals surface area contributed by atoms with Crippen LogP contribution in [-0.2, 0) is 9.53 Å². The minimum atomic E-state index is -1.66. The van der Waals surface area contributed by atoms with Crippen LogP contribution in [0.15, 0.2) is 22.8 Å². The molecule has 0 aliphatic heterocycles. The van der Waals surface area contributed by atoms with Crippen LogP contribution in [0.5, 0.6) is 0 Å². The first kappa shape index (κ1) is 18.2. The number of rotatable bonds is 4. The fourth-order valence-corrected chi connectivity index (χ4v) is 2.81. The number of aryl methyl sites for hydroxylation is 1. The fraction of sp³-hybridized carbons (Fsp3) is 0.125. The second-order valence-electron chi connectivity index (χ2n) is 5.00. The Bertz CT molecular complexity index is 956. The second kappa shape index (κ2) is 6.78. The van der Waals surface area contributed by atoms with Gasteiger partial charge in [-0.05, 0) is 34.5 Å². The van der Waals surface area contributed by atoms with E-state index in [2.05, 4.69) is 20.7 Å². The number of carboxylic acid groups (broad SMARTS) is 1.